The number of nitrogens with zero attached hydrogens (tertiary/aromatic N) is 1. The molecule has 0 aromatic heterocycles. The lowest BCUT2D eigenvalue weighted by atomic mass is 9.85. The standard InChI is InChI=1S/C20H20F3NO/c1-3-13-9-10-15-14(4-2)16-7-5-6-8-18(16)24(12-20(21,22)23)19(25)17(15)11-13/h5-11,14H,3-4,12H2,1-2H3. The summed E-state index contributed by atoms with van der Waals surface area (Å²) in [6, 6.07) is 12.5. The van der Waals surface area contributed by atoms with Crippen LogP contribution in [0.25, 0.3) is 0 Å². The molecule has 0 spiro atoms. The van der Waals surface area contributed by atoms with Crippen LogP contribution in [0.15, 0.2) is 42.5 Å². The fraction of sp³-hybridized carbons (Fsp3) is 0.350. The fourth-order valence-electron chi connectivity index (χ4n) is 3.54. The van der Waals surface area contributed by atoms with Crippen LogP contribution < -0.4 is 4.90 Å². The first-order valence-corrected chi connectivity index (χ1v) is 8.46. The molecule has 0 saturated carbocycles. The largest absolute Gasteiger partial charge is 0.406 e. The predicted octanol–water partition coefficient (Wildman–Crippen LogP) is 5.31. The molecule has 2 nitrogen and oxygen atoms in total. The number of carbonyl (C=O) groups is 1. The highest BCUT2D eigenvalue weighted by Crippen LogP contribution is 2.41. The number of rotatable bonds is 3. The highest BCUT2D eigenvalue weighted by Gasteiger charge is 2.38. The SMILES string of the molecule is CCc1ccc2c(c1)C(=O)N(CC(F)(F)F)c1ccccc1C2CC. The van der Waals surface area contributed by atoms with Gasteiger partial charge in [0.1, 0.15) is 6.54 Å². The highest BCUT2D eigenvalue weighted by molar-refractivity contribution is 6.09. The van der Waals surface area contributed by atoms with Crippen LogP contribution in [-0.4, -0.2) is 18.6 Å². The number of halogens is 3. The van der Waals surface area contributed by atoms with E-state index in [4.69, 9.17) is 0 Å². The first-order chi connectivity index (χ1) is 11.9. The molecule has 25 heavy (non-hydrogen) atoms. The van der Waals surface area contributed by atoms with Crippen LogP contribution in [0.3, 0.4) is 0 Å². The van der Waals surface area contributed by atoms with Gasteiger partial charge in [0.15, 0.2) is 0 Å². The van der Waals surface area contributed by atoms with Gasteiger partial charge in [0.25, 0.3) is 5.91 Å². The molecular formula is C20H20F3NO. The third-order valence-electron chi connectivity index (χ3n) is 4.73. The Morgan fingerprint density at radius 2 is 1.76 bits per heavy atom. The zero-order valence-electron chi connectivity index (χ0n) is 14.2. The van der Waals surface area contributed by atoms with Crippen molar-refractivity contribution < 1.29 is 18.0 Å². The second kappa shape index (κ2) is 6.54. The van der Waals surface area contributed by atoms with E-state index in [0.717, 1.165) is 28.0 Å². The lowest BCUT2D eigenvalue weighted by Gasteiger charge is -2.25. The van der Waals surface area contributed by atoms with E-state index < -0.39 is 18.6 Å². The van der Waals surface area contributed by atoms with Crippen LogP contribution in [-0.2, 0) is 6.42 Å². The molecule has 1 heterocycles. The Morgan fingerprint density at radius 1 is 1.04 bits per heavy atom. The molecule has 1 aliphatic heterocycles. The number of hydrogen-bond donors (Lipinski definition) is 0. The maximum atomic E-state index is 13.1. The summed E-state index contributed by atoms with van der Waals surface area (Å²) < 4.78 is 39.4. The molecule has 1 aliphatic rings. The van der Waals surface area contributed by atoms with E-state index in [-0.39, 0.29) is 5.92 Å². The Morgan fingerprint density at radius 3 is 2.40 bits per heavy atom. The number of alkyl halides is 3. The van der Waals surface area contributed by atoms with Crippen LogP contribution in [0.5, 0.6) is 0 Å². The van der Waals surface area contributed by atoms with Crippen LogP contribution in [0.4, 0.5) is 18.9 Å². The van der Waals surface area contributed by atoms with Crippen molar-refractivity contribution in [2.24, 2.45) is 0 Å². The average molecular weight is 347 g/mol. The molecule has 0 radical (unpaired) electrons. The lowest BCUT2D eigenvalue weighted by molar-refractivity contribution is -0.118. The van der Waals surface area contributed by atoms with Gasteiger partial charge in [-0.3, -0.25) is 9.69 Å². The van der Waals surface area contributed by atoms with Crippen LogP contribution in [0, 0.1) is 0 Å². The minimum absolute atomic E-state index is 0.0979. The van der Waals surface area contributed by atoms with Gasteiger partial charge in [0, 0.05) is 17.2 Å². The molecule has 2 aromatic rings. The first kappa shape index (κ1) is 17.5. The number of carbonyl (C=O) groups excluding carboxylic acids is 1. The van der Waals surface area contributed by atoms with Gasteiger partial charge in [0.2, 0.25) is 0 Å². The average Bonchev–Trinajstić information content (AvgIpc) is 2.68. The molecule has 0 saturated heterocycles. The van der Waals surface area contributed by atoms with E-state index in [1.54, 1.807) is 18.2 Å². The van der Waals surface area contributed by atoms with Crippen molar-refractivity contribution in [3.63, 3.8) is 0 Å². The molecule has 0 fully saturated rings. The normalized spacial score (nSPS) is 17.1. The molecule has 1 unspecified atom stereocenters. The number of aryl methyl sites for hydroxylation is 1. The van der Waals surface area contributed by atoms with E-state index in [2.05, 4.69) is 0 Å². The third-order valence-corrected chi connectivity index (χ3v) is 4.73. The molecule has 0 aliphatic carbocycles. The summed E-state index contributed by atoms with van der Waals surface area (Å²) in [4.78, 5) is 13.9. The van der Waals surface area contributed by atoms with Crippen molar-refractivity contribution in [3.05, 3.63) is 64.7 Å². The van der Waals surface area contributed by atoms with Gasteiger partial charge < -0.3 is 0 Å². The third kappa shape index (κ3) is 3.28. The quantitative estimate of drug-likeness (QED) is 0.736. The van der Waals surface area contributed by atoms with E-state index >= 15 is 0 Å². The molecule has 3 rings (SSSR count). The molecule has 1 amide bonds. The van der Waals surface area contributed by atoms with Gasteiger partial charge in [0.05, 0.1) is 0 Å². The smallest absolute Gasteiger partial charge is 0.299 e. The summed E-state index contributed by atoms with van der Waals surface area (Å²) in [6.45, 7) is 2.67. The highest BCUT2D eigenvalue weighted by atomic mass is 19.4. The predicted molar refractivity (Wildman–Crippen MR) is 92.1 cm³/mol. The Bertz CT molecular complexity index is 798. The van der Waals surface area contributed by atoms with Crippen molar-refractivity contribution in [1.82, 2.24) is 0 Å². The minimum atomic E-state index is -4.46. The summed E-state index contributed by atoms with van der Waals surface area (Å²) in [7, 11) is 0. The van der Waals surface area contributed by atoms with Crippen LogP contribution in [0.2, 0.25) is 0 Å². The Labute approximate surface area is 145 Å². The maximum absolute atomic E-state index is 13.1. The van der Waals surface area contributed by atoms with Gasteiger partial charge in [-0.05, 0) is 41.7 Å². The van der Waals surface area contributed by atoms with Crippen LogP contribution in [0.1, 0.15) is 53.2 Å². The Hall–Kier alpha value is -2.30. The molecule has 0 bridgehead atoms. The van der Waals surface area contributed by atoms with Gasteiger partial charge in [-0.1, -0.05) is 44.2 Å². The Balaban J connectivity index is 2.25. The van der Waals surface area contributed by atoms with E-state index in [0.29, 0.717) is 17.7 Å². The number of hydrogen-bond acceptors (Lipinski definition) is 1. The summed E-state index contributed by atoms with van der Waals surface area (Å²) in [5.74, 6) is -0.676. The summed E-state index contributed by atoms with van der Waals surface area (Å²) in [5, 5.41) is 0. The lowest BCUT2D eigenvalue weighted by Crippen LogP contribution is -2.39. The summed E-state index contributed by atoms with van der Waals surface area (Å²) in [6.07, 6.45) is -3.02. The van der Waals surface area contributed by atoms with Crippen molar-refractivity contribution in [2.75, 3.05) is 11.4 Å². The van der Waals surface area contributed by atoms with Crippen molar-refractivity contribution in [3.8, 4) is 0 Å². The van der Waals surface area contributed by atoms with Gasteiger partial charge in [-0.2, -0.15) is 13.2 Å². The second-order valence-corrected chi connectivity index (χ2v) is 6.30. The maximum Gasteiger partial charge on any atom is 0.406 e. The number of benzene rings is 2. The first-order valence-electron chi connectivity index (χ1n) is 8.46. The van der Waals surface area contributed by atoms with E-state index in [1.807, 2.05) is 38.1 Å². The monoisotopic (exact) mass is 347 g/mol. The summed E-state index contributed by atoms with van der Waals surface area (Å²) >= 11 is 0. The molecular weight excluding hydrogens is 327 g/mol. The van der Waals surface area contributed by atoms with Crippen molar-refractivity contribution in [1.29, 1.82) is 0 Å². The zero-order valence-corrected chi connectivity index (χ0v) is 14.2. The number of para-hydroxylation sites is 1. The molecule has 132 valence electrons. The molecule has 2 aromatic carbocycles. The number of anilines is 1. The molecule has 5 heteroatoms. The minimum Gasteiger partial charge on any atom is -0.299 e. The van der Waals surface area contributed by atoms with Gasteiger partial charge in [-0.25, -0.2) is 0 Å². The Kier molecular flexibility index (Phi) is 4.58. The van der Waals surface area contributed by atoms with Crippen molar-refractivity contribution in [2.45, 2.75) is 38.8 Å². The number of amides is 1. The van der Waals surface area contributed by atoms with E-state index in [9.17, 15) is 18.0 Å². The van der Waals surface area contributed by atoms with Crippen LogP contribution >= 0.6 is 0 Å². The second-order valence-electron chi connectivity index (χ2n) is 6.30. The van der Waals surface area contributed by atoms with Gasteiger partial charge >= 0.3 is 6.18 Å². The topological polar surface area (TPSA) is 20.3 Å². The number of fused-ring (bicyclic) bond motifs is 2. The zero-order chi connectivity index (χ0) is 18.2. The molecule has 1 atom stereocenters. The summed E-state index contributed by atoms with van der Waals surface area (Å²) in [5.41, 5.74) is 3.25. The van der Waals surface area contributed by atoms with Crippen molar-refractivity contribution >= 4 is 11.6 Å². The molecule has 0 N–H and O–H groups in total. The van der Waals surface area contributed by atoms with E-state index in [1.165, 1.54) is 0 Å². The fourth-order valence-corrected chi connectivity index (χ4v) is 3.54. The van der Waals surface area contributed by atoms with Gasteiger partial charge in [-0.15, -0.1) is 0 Å².